The number of aryl methyl sites for hydroxylation is 1. The Morgan fingerprint density at radius 2 is 2.20 bits per heavy atom. The first-order chi connectivity index (χ1) is 12.2. The predicted octanol–water partition coefficient (Wildman–Crippen LogP) is 2.99. The lowest BCUT2D eigenvalue weighted by Gasteiger charge is -2.25. The molecule has 0 N–H and O–H groups in total. The lowest BCUT2D eigenvalue weighted by molar-refractivity contribution is -0.133. The minimum absolute atomic E-state index is 0.108. The van der Waals surface area contributed by atoms with Gasteiger partial charge in [0, 0.05) is 18.7 Å². The van der Waals surface area contributed by atoms with E-state index < -0.39 is 0 Å². The molecule has 1 saturated heterocycles. The zero-order chi connectivity index (χ0) is 17.4. The van der Waals surface area contributed by atoms with Crippen LogP contribution in [0, 0.1) is 12.8 Å². The lowest BCUT2D eigenvalue weighted by Crippen LogP contribution is -2.39. The van der Waals surface area contributed by atoms with E-state index in [2.05, 4.69) is 22.3 Å². The topological polar surface area (TPSA) is 47.4 Å². The van der Waals surface area contributed by atoms with Crippen molar-refractivity contribution in [2.24, 2.45) is 5.92 Å². The van der Waals surface area contributed by atoms with Gasteiger partial charge in [-0.05, 0) is 49.3 Å². The molecule has 5 heteroatoms. The molecule has 0 spiro atoms. The normalized spacial score (nSPS) is 25.2. The van der Waals surface area contributed by atoms with Gasteiger partial charge in [-0.1, -0.05) is 18.2 Å². The molecule has 4 rings (SSSR count). The van der Waals surface area contributed by atoms with Crippen LogP contribution in [0.25, 0.3) is 0 Å². The Labute approximate surface area is 148 Å². The number of amides is 1. The molecule has 0 bridgehead atoms. The molecule has 1 aliphatic carbocycles. The van der Waals surface area contributed by atoms with Gasteiger partial charge in [-0.3, -0.25) is 9.48 Å². The second-order valence-corrected chi connectivity index (χ2v) is 7.26. The monoisotopic (exact) mass is 339 g/mol. The molecule has 1 aromatic carbocycles. The van der Waals surface area contributed by atoms with Crippen molar-refractivity contribution >= 4 is 5.91 Å². The third kappa shape index (κ3) is 3.15. The Morgan fingerprint density at radius 1 is 1.36 bits per heavy atom. The van der Waals surface area contributed by atoms with E-state index in [1.807, 2.05) is 36.0 Å². The van der Waals surface area contributed by atoms with Gasteiger partial charge in [-0.2, -0.15) is 5.10 Å². The van der Waals surface area contributed by atoms with E-state index in [0.717, 1.165) is 43.7 Å². The van der Waals surface area contributed by atoms with E-state index in [-0.39, 0.29) is 12.0 Å². The summed E-state index contributed by atoms with van der Waals surface area (Å²) in [5.74, 6) is 1.61. The van der Waals surface area contributed by atoms with E-state index in [0.29, 0.717) is 11.8 Å². The van der Waals surface area contributed by atoms with Crippen molar-refractivity contribution in [3.8, 4) is 5.75 Å². The van der Waals surface area contributed by atoms with Crippen LogP contribution in [0.15, 0.2) is 36.7 Å². The van der Waals surface area contributed by atoms with Gasteiger partial charge in [0.1, 0.15) is 5.75 Å². The van der Waals surface area contributed by atoms with Crippen molar-refractivity contribution in [3.05, 3.63) is 47.8 Å². The summed E-state index contributed by atoms with van der Waals surface area (Å²) in [5.41, 5.74) is 2.33. The minimum atomic E-state index is 0.108. The molecule has 1 amide bonds. The van der Waals surface area contributed by atoms with Gasteiger partial charge in [0.15, 0.2) is 0 Å². The van der Waals surface area contributed by atoms with Gasteiger partial charge in [0.05, 0.1) is 25.9 Å². The van der Waals surface area contributed by atoms with Crippen LogP contribution in [-0.2, 0) is 11.3 Å². The average molecular weight is 339 g/mol. The highest BCUT2D eigenvalue weighted by atomic mass is 16.5. The summed E-state index contributed by atoms with van der Waals surface area (Å²) in [6.45, 7) is 3.72. The molecule has 2 aliphatic rings. The minimum Gasteiger partial charge on any atom is -0.496 e. The van der Waals surface area contributed by atoms with Gasteiger partial charge < -0.3 is 9.64 Å². The fourth-order valence-electron chi connectivity index (χ4n) is 4.10. The first-order valence-corrected chi connectivity index (χ1v) is 9.10. The zero-order valence-corrected chi connectivity index (χ0v) is 14.9. The average Bonchev–Trinajstić information content (AvgIpc) is 3.11. The van der Waals surface area contributed by atoms with Crippen LogP contribution in [-0.4, -0.2) is 40.3 Å². The van der Waals surface area contributed by atoms with Gasteiger partial charge in [-0.15, -0.1) is 0 Å². The molecule has 0 radical (unpaired) electrons. The Hall–Kier alpha value is -2.30. The van der Waals surface area contributed by atoms with Crippen LogP contribution in [0.2, 0.25) is 0 Å². The maximum atomic E-state index is 13.1. The summed E-state index contributed by atoms with van der Waals surface area (Å²) in [5, 5.41) is 4.38. The summed E-state index contributed by atoms with van der Waals surface area (Å²) in [6.07, 6.45) is 7.01. The Balaban J connectivity index is 1.44. The molecule has 2 heterocycles. The van der Waals surface area contributed by atoms with E-state index in [4.69, 9.17) is 4.74 Å². The molecule has 25 heavy (non-hydrogen) atoms. The number of aromatic nitrogens is 2. The first kappa shape index (κ1) is 16.2. The van der Waals surface area contributed by atoms with Crippen LogP contribution < -0.4 is 4.74 Å². The summed E-state index contributed by atoms with van der Waals surface area (Å²) < 4.78 is 7.43. The zero-order valence-electron chi connectivity index (χ0n) is 14.9. The number of carbonyl (C=O) groups is 1. The van der Waals surface area contributed by atoms with E-state index >= 15 is 0 Å². The molecule has 3 atom stereocenters. The number of hydrogen-bond donors (Lipinski definition) is 0. The quantitative estimate of drug-likeness (QED) is 0.841. The Morgan fingerprint density at radius 3 is 2.96 bits per heavy atom. The number of benzene rings is 1. The molecular weight excluding hydrogens is 314 g/mol. The van der Waals surface area contributed by atoms with Gasteiger partial charge in [-0.25, -0.2) is 0 Å². The molecule has 2 fully saturated rings. The molecule has 2 aromatic rings. The summed E-state index contributed by atoms with van der Waals surface area (Å²) >= 11 is 0. The summed E-state index contributed by atoms with van der Waals surface area (Å²) in [7, 11) is 1.70. The maximum absolute atomic E-state index is 13.1. The first-order valence-electron chi connectivity index (χ1n) is 9.10. The van der Waals surface area contributed by atoms with E-state index in [1.165, 1.54) is 5.56 Å². The van der Waals surface area contributed by atoms with Crippen molar-refractivity contribution in [2.75, 3.05) is 13.7 Å². The molecule has 1 saturated carbocycles. The highest BCUT2D eigenvalue weighted by molar-refractivity contribution is 5.83. The lowest BCUT2D eigenvalue weighted by atomic mass is 10.1. The number of rotatable bonds is 5. The van der Waals surface area contributed by atoms with Gasteiger partial charge >= 0.3 is 0 Å². The molecule has 1 aromatic heterocycles. The van der Waals surface area contributed by atoms with Crippen molar-refractivity contribution in [1.29, 1.82) is 0 Å². The van der Waals surface area contributed by atoms with Crippen LogP contribution in [0.5, 0.6) is 5.75 Å². The summed E-state index contributed by atoms with van der Waals surface area (Å²) in [4.78, 5) is 15.1. The largest absolute Gasteiger partial charge is 0.496 e. The number of para-hydroxylation sites is 1. The van der Waals surface area contributed by atoms with Gasteiger partial charge in [0.2, 0.25) is 5.91 Å². The predicted molar refractivity (Wildman–Crippen MR) is 95.5 cm³/mol. The fourth-order valence-corrected chi connectivity index (χ4v) is 4.10. The van der Waals surface area contributed by atoms with Gasteiger partial charge in [0.25, 0.3) is 0 Å². The molecular formula is C20H25N3O2. The summed E-state index contributed by atoms with van der Waals surface area (Å²) in [6, 6.07) is 8.34. The van der Waals surface area contributed by atoms with Crippen LogP contribution in [0.3, 0.4) is 0 Å². The van der Waals surface area contributed by atoms with Crippen LogP contribution in [0.1, 0.15) is 36.3 Å². The number of ether oxygens (including phenoxy) is 1. The highest BCUT2D eigenvalue weighted by Gasteiger charge is 2.48. The fraction of sp³-hybridized carbons (Fsp3) is 0.500. The van der Waals surface area contributed by atoms with Crippen molar-refractivity contribution in [3.63, 3.8) is 0 Å². The number of hydrogen-bond acceptors (Lipinski definition) is 3. The number of nitrogens with zero attached hydrogens (tertiary/aromatic N) is 3. The second kappa shape index (κ2) is 6.54. The second-order valence-electron chi connectivity index (χ2n) is 7.26. The van der Waals surface area contributed by atoms with Crippen molar-refractivity contribution < 1.29 is 9.53 Å². The SMILES string of the molecule is COc1ccccc1[C@@H]1C[C@@H]1C(=O)N1CCC[C@H]1Cn1cc(C)cn1. The van der Waals surface area contributed by atoms with Crippen LogP contribution in [0.4, 0.5) is 0 Å². The van der Waals surface area contributed by atoms with E-state index in [1.54, 1.807) is 7.11 Å². The Kier molecular flexibility index (Phi) is 4.24. The maximum Gasteiger partial charge on any atom is 0.226 e. The number of methoxy groups -OCH3 is 1. The molecule has 5 nitrogen and oxygen atoms in total. The van der Waals surface area contributed by atoms with Crippen LogP contribution >= 0.6 is 0 Å². The number of likely N-dealkylation sites (tertiary alicyclic amines) is 1. The smallest absolute Gasteiger partial charge is 0.226 e. The standard InChI is InChI=1S/C20H25N3O2/c1-14-11-21-22(12-14)13-15-6-5-9-23(15)20(24)18-10-17(18)16-7-3-4-8-19(16)25-2/h3-4,7-8,11-12,15,17-18H,5-6,9-10,13H2,1-2H3/t15-,17-,18-/m0/s1. The van der Waals surface area contributed by atoms with E-state index in [9.17, 15) is 4.79 Å². The molecule has 0 unspecified atom stereocenters. The molecule has 132 valence electrons. The highest BCUT2D eigenvalue weighted by Crippen LogP contribution is 2.51. The molecule has 1 aliphatic heterocycles. The van der Waals surface area contributed by atoms with Crippen molar-refractivity contribution in [2.45, 2.75) is 44.7 Å². The third-order valence-corrected chi connectivity index (χ3v) is 5.47. The van der Waals surface area contributed by atoms with Crippen molar-refractivity contribution in [1.82, 2.24) is 14.7 Å². The third-order valence-electron chi connectivity index (χ3n) is 5.47. The number of carbonyl (C=O) groups excluding carboxylic acids is 1. The Bertz CT molecular complexity index is 770.